The maximum atomic E-state index is 11.6. The smallest absolute Gasteiger partial charge is 0.408 e. The number of alkyl carbamates (subject to hydrolysis) is 1. The van der Waals surface area contributed by atoms with Gasteiger partial charge in [-0.15, -0.1) is 0 Å². The summed E-state index contributed by atoms with van der Waals surface area (Å²) in [6, 6.07) is 7.13. The Bertz CT molecular complexity index is 461. The topological polar surface area (TPSA) is 59.9 Å². The summed E-state index contributed by atoms with van der Waals surface area (Å²) >= 11 is 0. The average molecular weight is 278 g/mol. The summed E-state index contributed by atoms with van der Waals surface area (Å²) in [6.07, 6.45) is 1.21. The number of ether oxygens (including phenoxy) is 2. The van der Waals surface area contributed by atoms with Crippen molar-refractivity contribution >= 4 is 18.0 Å². The van der Waals surface area contributed by atoms with Crippen molar-refractivity contribution in [2.45, 2.75) is 39.3 Å². The quantitative estimate of drug-likeness (QED) is 0.859. The van der Waals surface area contributed by atoms with E-state index in [2.05, 4.69) is 10.3 Å². The number of hydrogen-bond donors (Lipinski definition) is 1. The number of nitrogens with one attached hydrogen (secondary N) is 1. The molecule has 0 aliphatic heterocycles. The first-order chi connectivity index (χ1) is 9.30. The number of carbonyl (C=O) groups is 1. The molecule has 0 bridgehead atoms. The third-order valence-corrected chi connectivity index (χ3v) is 2.26. The van der Waals surface area contributed by atoms with Crippen molar-refractivity contribution in [2.75, 3.05) is 7.11 Å². The fraction of sp³-hybridized carbons (Fsp3) is 0.467. The van der Waals surface area contributed by atoms with Gasteiger partial charge in [-0.2, -0.15) is 0 Å². The molecule has 0 radical (unpaired) electrons. The molecule has 0 heterocycles. The molecule has 1 aromatic carbocycles. The van der Waals surface area contributed by atoms with Crippen molar-refractivity contribution in [1.29, 1.82) is 0 Å². The largest absolute Gasteiger partial charge is 0.497 e. The van der Waals surface area contributed by atoms with Gasteiger partial charge in [0.2, 0.25) is 0 Å². The number of carbonyl (C=O) groups excluding carboxylic acids is 1. The first kappa shape index (κ1) is 16.0. The molecule has 5 heteroatoms. The van der Waals surface area contributed by atoms with Gasteiger partial charge < -0.3 is 14.8 Å². The zero-order chi connectivity index (χ0) is 15.2. The van der Waals surface area contributed by atoms with Gasteiger partial charge in [-0.1, -0.05) is 0 Å². The fourth-order valence-corrected chi connectivity index (χ4v) is 1.40. The molecule has 0 aliphatic rings. The number of methoxy groups -OCH3 is 1. The van der Waals surface area contributed by atoms with E-state index in [-0.39, 0.29) is 6.04 Å². The van der Waals surface area contributed by atoms with Crippen LogP contribution in [0.25, 0.3) is 0 Å². The van der Waals surface area contributed by atoms with Gasteiger partial charge >= 0.3 is 6.09 Å². The van der Waals surface area contributed by atoms with E-state index in [1.165, 1.54) is 0 Å². The highest BCUT2D eigenvalue weighted by Crippen LogP contribution is 2.17. The Morgan fingerprint density at radius 1 is 1.30 bits per heavy atom. The number of nitrogens with zero attached hydrogens (tertiary/aromatic N) is 1. The van der Waals surface area contributed by atoms with E-state index in [1.54, 1.807) is 13.3 Å². The lowest BCUT2D eigenvalue weighted by Crippen LogP contribution is -2.38. The monoisotopic (exact) mass is 278 g/mol. The summed E-state index contributed by atoms with van der Waals surface area (Å²) in [7, 11) is 1.62. The van der Waals surface area contributed by atoms with Crippen LogP contribution in [0.2, 0.25) is 0 Å². The molecule has 0 spiro atoms. The van der Waals surface area contributed by atoms with E-state index in [9.17, 15) is 4.79 Å². The molecule has 0 fully saturated rings. The van der Waals surface area contributed by atoms with E-state index in [0.29, 0.717) is 0 Å². The highest BCUT2D eigenvalue weighted by molar-refractivity contribution is 5.76. The van der Waals surface area contributed by atoms with Gasteiger partial charge in [-0.05, 0) is 52.0 Å². The molecule has 5 nitrogen and oxygen atoms in total. The molecule has 110 valence electrons. The predicted octanol–water partition coefficient (Wildman–Crippen LogP) is 3.31. The van der Waals surface area contributed by atoms with Crippen LogP contribution < -0.4 is 10.1 Å². The molecule has 20 heavy (non-hydrogen) atoms. The number of aliphatic imine (C=N–C) groups is 1. The van der Waals surface area contributed by atoms with Crippen molar-refractivity contribution in [2.24, 2.45) is 4.99 Å². The lowest BCUT2D eigenvalue weighted by Gasteiger charge is -2.20. The van der Waals surface area contributed by atoms with Gasteiger partial charge in [0.1, 0.15) is 11.4 Å². The summed E-state index contributed by atoms with van der Waals surface area (Å²) in [5, 5.41) is 2.69. The Morgan fingerprint density at radius 2 is 1.90 bits per heavy atom. The average Bonchev–Trinajstić information content (AvgIpc) is 2.34. The van der Waals surface area contributed by atoms with Gasteiger partial charge in [-0.3, -0.25) is 4.99 Å². The maximum Gasteiger partial charge on any atom is 0.408 e. The van der Waals surface area contributed by atoms with Crippen LogP contribution in [0.15, 0.2) is 29.3 Å². The Balaban J connectivity index is 2.50. The first-order valence-electron chi connectivity index (χ1n) is 6.48. The molecule has 1 atom stereocenters. The number of hydrogen-bond acceptors (Lipinski definition) is 4. The number of benzene rings is 1. The normalized spacial score (nSPS) is 13.1. The van der Waals surface area contributed by atoms with Gasteiger partial charge in [-0.25, -0.2) is 4.79 Å². The molecule has 1 aromatic rings. The van der Waals surface area contributed by atoms with E-state index in [0.717, 1.165) is 11.4 Å². The molecular weight excluding hydrogens is 256 g/mol. The summed E-state index contributed by atoms with van der Waals surface area (Å²) in [4.78, 5) is 15.8. The minimum Gasteiger partial charge on any atom is -0.497 e. The Hall–Kier alpha value is -2.04. The van der Waals surface area contributed by atoms with Crippen molar-refractivity contribution in [1.82, 2.24) is 5.32 Å². The molecule has 0 saturated heterocycles. The first-order valence-corrected chi connectivity index (χ1v) is 6.48. The van der Waals surface area contributed by atoms with E-state index in [1.807, 2.05) is 52.0 Å². The SMILES string of the molecule is COc1ccc(N=C[C@H](C)NC(=O)OC(C)(C)C)cc1. The molecule has 0 aliphatic carbocycles. The predicted molar refractivity (Wildman–Crippen MR) is 80.0 cm³/mol. The van der Waals surface area contributed by atoms with Gasteiger partial charge in [0.15, 0.2) is 0 Å². The molecule has 0 unspecified atom stereocenters. The van der Waals surface area contributed by atoms with Crippen LogP contribution >= 0.6 is 0 Å². The number of rotatable bonds is 4. The van der Waals surface area contributed by atoms with Crippen LogP contribution in [-0.2, 0) is 4.74 Å². The Morgan fingerprint density at radius 3 is 2.40 bits per heavy atom. The highest BCUT2D eigenvalue weighted by Gasteiger charge is 2.16. The standard InChI is InChI=1S/C15H22N2O3/c1-11(17-14(18)20-15(2,3)4)10-16-12-6-8-13(19-5)9-7-12/h6-11H,1-5H3,(H,17,18)/t11-/m0/s1. The lowest BCUT2D eigenvalue weighted by molar-refractivity contribution is 0.0522. The fourth-order valence-electron chi connectivity index (χ4n) is 1.40. The van der Waals surface area contributed by atoms with E-state index >= 15 is 0 Å². The second kappa shape index (κ2) is 6.93. The Kier molecular flexibility index (Phi) is 5.55. The van der Waals surface area contributed by atoms with Crippen LogP contribution in [-0.4, -0.2) is 31.1 Å². The second-order valence-electron chi connectivity index (χ2n) is 5.41. The summed E-state index contributed by atoms with van der Waals surface area (Å²) in [6.45, 7) is 7.30. The third kappa shape index (κ3) is 6.22. The number of amides is 1. The summed E-state index contributed by atoms with van der Waals surface area (Å²) in [5.41, 5.74) is 0.292. The Labute approximate surface area is 120 Å². The maximum absolute atomic E-state index is 11.6. The molecule has 1 amide bonds. The van der Waals surface area contributed by atoms with Crippen molar-refractivity contribution in [3.05, 3.63) is 24.3 Å². The molecule has 0 aromatic heterocycles. The second-order valence-corrected chi connectivity index (χ2v) is 5.41. The molecule has 1 rings (SSSR count). The summed E-state index contributed by atoms with van der Waals surface area (Å²) in [5.74, 6) is 0.781. The van der Waals surface area contributed by atoms with E-state index in [4.69, 9.17) is 9.47 Å². The van der Waals surface area contributed by atoms with Crippen LogP contribution in [0.3, 0.4) is 0 Å². The van der Waals surface area contributed by atoms with Crippen molar-refractivity contribution < 1.29 is 14.3 Å². The molecular formula is C15H22N2O3. The van der Waals surface area contributed by atoms with Crippen LogP contribution in [0.1, 0.15) is 27.7 Å². The minimum absolute atomic E-state index is 0.216. The lowest BCUT2D eigenvalue weighted by atomic mass is 10.2. The van der Waals surface area contributed by atoms with Gasteiger partial charge in [0.25, 0.3) is 0 Å². The summed E-state index contributed by atoms with van der Waals surface area (Å²) < 4.78 is 10.2. The van der Waals surface area contributed by atoms with Crippen molar-refractivity contribution in [3.8, 4) is 5.75 Å². The van der Waals surface area contributed by atoms with Crippen LogP contribution in [0, 0.1) is 0 Å². The van der Waals surface area contributed by atoms with E-state index < -0.39 is 11.7 Å². The molecule has 0 saturated carbocycles. The van der Waals surface area contributed by atoms with Crippen LogP contribution in [0.5, 0.6) is 5.75 Å². The van der Waals surface area contributed by atoms with Gasteiger partial charge in [0.05, 0.1) is 18.8 Å². The zero-order valence-electron chi connectivity index (χ0n) is 12.6. The van der Waals surface area contributed by atoms with Crippen LogP contribution in [0.4, 0.5) is 10.5 Å². The minimum atomic E-state index is -0.503. The highest BCUT2D eigenvalue weighted by atomic mass is 16.6. The third-order valence-electron chi connectivity index (χ3n) is 2.26. The van der Waals surface area contributed by atoms with Gasteiger partial charge in [0, 0.05) is 6.21 Å². The zero-order valence-corrected chi connectivity index (χ0v) is 12.6. The molecule has 1 N–H and O–H groups in total. The van der Waals surface area contributed by atoms with Crippen molar-refractivity contribution in [3.63, 3.8) is 0 Å².